The molecule has 1 saturated heterocycles. The molecule has 1 aliphatic heterocycles. The molecule has 2 N–H and O–H groups in total. The van der Waals surface area contributed by atoms with Crippen LogP contribution in [0.2, 0.25) is 0 Å². The Balaban J connectivity index is 1.55. The molecule has 2 fully saturated rings. The first-order chi connectivity index (χ1) is 10.2. The lowest BCUT2D eigenvalue weighted by Crippen LogP contribution is -2.48. The molecule has 0 radical (unpaired) electrons. The molecule has 1 saturated carbocycles. The van der Waals surface area contributed by atoms with E-state index in [9.17, 15) is 9.18 Å². The van der Waals surface area contributed by atoms with Gasteiger partial charge in [-0.2, -0.15) is 0 Å². The molecule has 3 rings (SSSR count). The lowest BCUT2D eigenvalue weighted by Gasteiger charge is -2.37. The van der Waals surface area contributed by atoms with Gasteiger partial charge in [0, 0.05) is 13.1 Å². The molecular weight excluding hydrogens is 267 g/mol. The molecule has 0 bridgehead atoms. The Labute approximate surface area is 125 Å². The van der Waals surface area contributed by atoms with Gasteiger partial charge in [-0.3, -0.25) is 4.79 Å². The van der Waals surface area contributed by atoms with Crippen LogP contribution in [0.3, 0.4) is 0 Å². The Bertz CT molecular complexity index is 502. The van der Waals surface area contributed by atoms with E-state index >= 15 is 0 Å². The second kappa shape index (κ2) is 6.14. The van der Waals surface area contributed by atoms with E-state index in [1.54, 1.807) is 12.1 Å². The molecule has 1 aliphatic carbocycles. The van der Waals surface area contributed by atoms with Gasteiger partial charge in [0.25, 0.3) is 0 Å². The van der Waals surface area contributed by atoms with E-state index in [1.807, 2.05) is 0 Å². The van der Waals surface area contributed by atoms with Crippen LogP contribution >= 0.6 is 0 Å². The monoisotopic (exact) mass is 290 g/mol. The smallest absolute Gasteiger partial charge is 0.227 e. The van der Waals surface area contributed by atoms with Crippen LogP contribution in [-0.4, -0.2) is 25.5 Å². The van der Waals surface area contributed by atoms with Crippen LogP contribution in [-0.2, 0) is 11.2 Å². The normalized spacial score (nSPS) is 28.1. The molecule has 1 aromatic rings. The predicted molar refractivity (Wildman–Crippen MR) is 80.4 cm³/mol. The van der Waals surface area contributed by atoms with Gasteiger partial charge in [0.1, 0.15) is 5.82 Å². The van der Waals surface area contributed by atoms with Crippen molar-refractivity contribution in [2.24, 2.45) is 11.3 Å². The summed E-state index contributed by atoms with van der Waals surface area (Å²) in [6.07, 6.45) is 5.33. The van der Waals surface area contributed by atoms with Gasteiger partial charge in [0.15, 0.2) is 0 Å². The highest BCUT2D eigenvalue weighted by molar-refractivity contribution is 5.83. The number of rotatable bonds is 4. The van der Waals surface area contributed by atoms with Crippen LogP contribution in [0.15, 0.2) is 24.3 Å². The van der Waals surface area contributed by atoms with Gasteiger partial charge in [-0.25, -0.2) is 4.39 Å². The Hall–Kier alpha value is -1.42. The van der Waals surface area contributed by atoms with Gasteiger partial charge in [0.05, 0.1) is 5.41 Å². The minimum Gasteiger partial charge on any atom is -0.355 e. The van der Waals surface area contributed by atoms with Crippen LogP contribution in [0.25, 0.3) is 0 Å². The lowest BCUT2D eigenvalue weighted by molar-refractivity contribution is -0.133. The second-order valence-electron chi connectivity index (χ2n) is 6.36. The predicted octanol–water partition coefficient (Wildman–Crippen LogP) is 2.26. The maximum absolute atomic E-state index is 12.8. The van der Waals surface area contributed by atoms with Gasteiger partial charge in [-0.1, -0.05) is 25.0 Å². The highest BCUT2D eigenvalue weighted by Crippen LogP contribution is 2.43. The Morgan fingerprint density at radius 3 is 2.95 bits per heavy atom. The summed E-state index contributed by atoms with van der Waals surface area (Å²) in [4.78, 5) is 12.6. The molecule has 3 nitrogen and oxygen atoms in total. The summed E-state index contributed by atoms with van der Waals surface area (Å²) in [5.74, 6) is 0.486. The largest absolute Gasteiger partial charge is 0.355 e. The zero-order valence-electron chi connectivity index (χ0n) is 12.3. The van der Waals surface area contributed by atoms with Crippen LogP contribution in [0.4, 0.5) is 4.39 Å². The second-order valence-corrected chi connectivity index (χ2v) is 6.36. The van der Waals surface area contributed by atoms with Crippen molar-refractivity contribution in [3.63, 3.8) is 0 Å². The molecule has 4 heteroatoms. The first-order valence-corrected chi connectivity index (χ1v) is 7.94. The van der Waals surface area contributed by atoms with E-state index in [4.69, 9.17) is 0 Å². The molecule has 114 valence electrons. The lowest BCUT2D eigenvalue weighted by atomic mass is 9.67. The molecule has 1 amide bonds. The van der Waals surface area contributed by atoms with E-state index in [1.165, 1.54) is 25.0 Å². The van der Waals surface area contributed by atoms with Gasteiger partial charge >= 0.3 is 0 Å². The Morgan fingerprint density at radius 1 is 1.33 bits per heavy atom. The first kappa shape index (κ1) is 14.5. The summed E-state index contributed by atoms with van der Waals surface area (Å²) in [5, 5.41) is 6.50. The molecule has 1 aromatic carbocycles. The number of halogens is 1. The average molecular weight is 290 g/mol. The Kier molecular flexibility index (Phi) is 4.24. The maximum Gasteiger partial charge on any atom is 0.227 e. The molecular formula is C17H23FN2O. The topological polar surface area (TPSA) is 41.1 Å². The third-order valence-electron chi connectivity index (χ3n) is 5.10. The molecule has 0 aromatic heterocycles. The molecule has 0 spiro atoms. The number of carbonyl (C=O) groups excluding carboxylic acids is 1. The summed E-state index contributed by atoms with van der Waals surface area (Å²) >= 11 is 0. The first-order valence-electron chi connectivity index (χ1n) is 7.94. The van der Waals surface area contributed by atoms with Crippen molar-refractivity contribution in [3.05, 3.63) is 35.6 Å². The van der Waals surface area contributed by atoms with Crippen molar-refractivity contribution in [2.75, 3.05) is 19.6 Å². The summed E-state index contributed by atoms with van der Waals surface area (Å²) in [7, 11) is 0. The average Bonchev–Trinajstić information content (AvgIpc) is 2.94. The zero-order chi connectivity index (χ0) is 14.7. The van der Waals surface area contributed by atoms with Gasteiger partial charge < -0.3 is 10.6 Å². The van der Waals surface area contributed by atoms with Gasteiger partial charge in [-0.05, 0) is 49.4 Å². The third-order valence-corrected chi connectivity index (χ3v) is 5.10. The maximum atomic E-state index is 12.8. The minimum absolute atomic E-state index is 0.180. The Morgan fingerprint density at radius 2 is 2.14 bits per heavy atom. The number of nitrogens with one attached hydrogen (secondary N) is 2. The van der Waals surface area contributed by atoms with Crippen molar-refractivity contribution in [1.29, 1.82) is 0 Å². The quantitative estimate of drug-likeness (QED) is 0.893. The van der Waals surface area contributed by atoms with Crippen molar-refractivity contribution < 1.29 is 9.18 Å². The van der Waals surface area contributed by atoms with Crippen LogP contribution in [0, 0.1) is 17.2 Å². The van der Waals surface area contributed by atoms with Crippen molar-refractivity contribution in [2.45, 2.75) is 32.1 Å². The molecule has 2 atom stereocenters. The number of hydrogen-bond acceptors (Lipinski definition) is 2. The SMILES string of the molecule is O=C(NCCc1ccc(F)cc1)[C@@]12CCCC[C@H]1CNC2. The number of carbonyl (C=O) groups is 1. The molecule has 0 unspecified atom stereocenters. The van der Waals surface area contributed by atoms with Crippen LogP contribution in [0.5, 0.6) is 0 Å². The fourth-order valence-corrected chi connectivity index (χ4v) is 3.84. The highest BCUT2D eigenvalue weighted by Gasteiger charge is 2.49. The van der Waals surface area contributed by atoms with E-state index in [0.717, 1.165) is 37.9 Å². The number of amides is 1. The molecule has 2 aliphatic rings. The number of hydrogen-bond donors (Lipinski definition) is 2. The molecule has 21 heavy (non-hydrogen) atoms. The summed E-state index contributed by atoms with van der Waals surface area (Å²) < 4.78 is 12.8. The van der Waals surface area contributed by atoms with Crippen LogP contribution < -0.4 is 10.6 Å². The van der Waals surface area contributed by atoms with Crippen molar-refractivity contribution in [3.8, 4) is 0 Å². The number of benzene rings is 1. The minimum atomic E-state index is -0.219. The number of fused-ring (bicyclic) bond motifs is 1. The van der Waals surface area contributed by atoms with Crippen molar-refractivity contribution >= 4 is 5.91 Å². The molecule has 1 heterocycles. The standard InChI is InChI=1S/C17H23FN2O/c18-15-6-4-13(5-7-15)8-10-20-16(21)17-9-2-1-3-14(17)11-19-12-17/h4-7,14,19H,1-3,8-12H2,(H,20,21)/t14-,17+/m0/s1. The van der Waals surface area contributed by atoms with Gasteiger partial charge in [0.2, 0.25) is 5.91 Å². The summed E-state index contributed by atoms with van der Waals surface area (Å²) in [6.45, 7) is 2.42. The highest BCUT2D eigenvalue weighted by atomic mass is 19.1. The van der Waals surface area contributed by atoms with Crippen molar-refractivity contribution in [1.82, 2.24) is 10.6 Å². The van der Waals surface area contributed by atoms with E-state index < -0.39 is 0 Å². The van der Waals surface area contributed by atoms with Gasteiger partial charge in [-0.15, -0.1) is 0 Å². The fraction of sp³-hybridized carbons (Fsp3) is 0.588. The summed E-state index contributed by atoms with van der Waals surface area (Å²) in [5.41, 5.74) is 0.875. The summed E-state index contributed by atoms with van der Waals surface area (Å²) in [6, 6.07) is 6.49. The van der Waals surface area contributed by atoms with E-state index in [2.05, 4.69) is 10.6 Å². The zero-order valence-corrected chi connectivity index (χ0v) is 12.3. The fourth-order valence-electron chi connectivity index (χ4n) is 3.84. The third kappa shape index (κ3) is 2.95. The van der Waals surface area contributed by atoms with E-state index in [-0.39, 0.29) is 17.1 Å². The van der Waals surface area contributed by atoms with E-state index in [0.29, 0.717) is 12.5 Å². The van der Waals surface area contributed by atoms with Crippen LogP contribution in [0.1, 0.15) is 31.2 Å².